The third kappa shape index (κ3) is 9.50. The first kappa shape index (κ1) is 39.6. The van der Waals surface area contributed by atoms with E-state index in [1.54, 1.807) is 78.9 Å². The number of phenolic OH excluding ortho intramolecular Hbond substituents is 1. The molecule has 51 heavy (non-hydrogen) atoms. The van der Waals surface area contributed by atoms with Crippen LogP contribution in [0.3, 0.4) is 0 Å². The van der Waals surface area contributed by atoms with Gasteiger partial charge in [-0.3, -0.25) is 4.79 Å². The van der Waals surface area contributed by atoms with Crippen molar-refractivity contribution < 1.29 is 14.6 Å². The Labute approximate surface area is 350 Å². The highest BCUT2D eigenvalue weighted by molar-refractivity contribution is 14.1. The number of thioether (sulfide) groups is 1. The van der Waals surface area contributed by atoms with Crippen molar-refractivity contribution in [3.8, 4) is 23.3 Å². The molecule has 5 aromatic carbocycles. The molecule has 260 valence electrons. The van der Waals surface area contributed by atoms with Gasteiger partial charge >= 0.3 is 0 Å². The molecule has 0 aliphatic heterocycles. The van der Waals surface area contributed by atoms with Crippen LogP contribution in [-0.4, -0.2) is 27.2 Å². The molecule has 1 amide bonds. The zero-order valence-electron chi connectivity index (χ0n) is 26.3. The number of aromatic hydroxyl groups is 1. The van der Waals surface area contributed by atoms with Crippen molar-refractivity contribution in [1.29, 1.82) is 5.26 Å². The van der Waals surface area contributed by atoms with Gasteiger partial charge in [0, 0.05) is 25.4 Å². The number of hydrogen-bond donors (Lipinski definition) is 3. The Morgan fingerprint density at radius 3 is 2.37 bits per heavy atom. The fourth-order valence-electron chi connectivity index (χ4n) is 4.81. The summed E-state index contributed by atoms with van der Waals surface area (Å²) in [4.78, 5) is 20.3. The summed E-state index contributed by atoms with van der Waals surface area (Å²) in [6.45, 7) is 1.82. The Hall–Kier alpha value is -2.61. The number of hydrogen-bond acceptors (Lipinski definition) is 6. The third-order valence-corrected chi connectivity index (χ3v) is 11.1. The lowest BCUT2D eigenvalue weighted by molar-refractivity contribution is 0.102. The molecule has 0 aliphatic carbocycles. The number of imidazole rings is 1. The molecule has 1 unspecified atom stereocenters. The molecule has 0 bridgehead atoms. The maximum Gasteiger partial charge on any atom is 0.259 e. The second-order valence-corrected chi connectivity index (χ2v) is 16.0. The van der Waals surface area contributed by atoms with E-state index in [0.29, 0.717) is 51.4 Å². The zero-order chi connectivity index (χ0) is 37.0. The molecule has 1 atom stereocenters. The van der Waals surface area contributed by atoms with E-state index in [-0.39, 0.29) is 11.3 Å². The first-order valence-electron chi connectivity index (χ1n) is 14.6. The van der Waals surface area contributed by atoms with Gasteiger partial charge in [0.05, 0.1) is 42.2 Å². The van der Waals surface area contributed by atoms with Crippen LogP contribution >= 0.6 is 115 Å². The van der Waals surface area contributed by atoms with Gasteiger partial charge in [-0.1, -0.05) is 94.0 Å². The number of amides is 1. The molecule has 0 aliphatic rings. The van der Waals surface area contributed by atoms with Crippen molar-refractivity contribution in [1.82, 2.24) is 9.97 Å². The summed E-state index contributed by atoms with van der Waals surface area (Å²) in [5.41, 5.74) is 4.49. The van der Waals surface area contributed by atoms with Gasteiger partial charge in [0.2, 0.25) is 0 Å². The number of nitrogens with one attached hydrogen (secondary N) is 2. The third-order valence-electron chi connectivity index (χ3n) is 7.35. The number of carbonyl (C=O) groups is 1. The predicted molar refractivity (Wildman–Crippen MR) is 226 cm³/mol. The largest absolute Gasteiger partial charge is 0.506 e. The van der Waals surface area contributed by atoms with Gasteiger partial charge in [-0.25, -0.2) is 4.98 Å². The van der Waals surface area contributed by atoms with Crippen molar-refractivity contribution in [3.63, 3.8) is 0 Å². The van der Waals surface area contributed by atoms with E-state index in [2.05, 4.69) is 43.9 Å². The van der Waals surface area contributed by atoms with Gasteiger partial charge in [0.25, 0.3) is 5.91 Å². The normalized spacial score (nSPS) is 11.4. The summed E-state index contributed by atoms with van der Waals surface area (Å²) in [6.07, 6.45) is 1.95. The summed E-state index contributed by atoms with van der Waals surface area (Å²) in [5.74, 6) is -0.148. The maximum absolute atomic E-state index is 12.7. The van der Waals surface area contributed by atoms with Crippen molar-refractivity contribution in [2.45, 2.75) is 18.0 Å². The second-order valence-electron chi connectivity index (χ2n) is 10.7. The Kier molecular flexibility index (Phi) is 13.6. The summed E-state index contributed by atoms with van der Waals surface area (Å²) in [5, 5.41) is 25.8. The molecule has 1 aromatic heterocycles. The molecule has 7 nitrogen and oxygen atoms in total. The maximum atomic E-state index is 12.7. The standard InChI is InChI=1S/C22H14Cl2I2N2O2.C14H9Cl3N2OS/c1-11-6-15(17(10-27)12-2-4-13(23)5-3-12)18(24)9-20(11)28-22(30)16-7-14(25)8-19(26)21(16)29;1-21-14-18-9-5-8(16)12(6-10(9)19-14)20-11-4-2-3-7(15)13(11)17/h2-9,17,29H,1H3,(H,28,30);2-6H,1H3,(H,18,19). The van der Waals surface area contributed by atoms with E-state index in [4.69, 9.17) is 62.7 Å². The predicted octanol–water partition coefficient (Wildman–Crippen LogP) is 13.2. The van der Waals surface area contributed by atoms with Gasteiger partial charge < -0.3 is 20.1 Å². The summed E-state index contributed by atoms with van der Waals surface area (Å²) in [6, 6.07) is 24.9. The minimum atomic E-state index is -0.570. The molecule has 15 heteroatoms. The fourth-order valence-corrected chi connectivity index (χ4v) is 7.99. The Morgan fingerprint density at radius 1 is 0.961 bits per heavy atom. The number of H-pyrrole nitrogens is 1. The SMILES string of the molecule is CSc1nc2cc(Oc3cccc(Cl)c3Cl)c(Cl)cc2[nH]1.Cc1cc(C(C#N)c2ccc(Cl)cc2)c(Cl)cc1NC(=O)c1cc(I)cc(I)c1O. The molecule has 6 aromatic rings. The molecular formula is C36H23Cl5I2N4O3S. The van der Waals surface area contributed by atoms with Gasteiger partial charge in [0.15, 0.2) is 5.16 Å². The van der Waals surface area contributed by atoms with Crippen LogP contribution in [-0.2, 0) is 0 Å². The number of benzene rings is 5. The number of nitrogens with zero attached hydrogens (tertiary/aromatic N) is 2. The first-order chi connectivity index (χ1) is 24.3. The van der Waals surface area contributed by atoms with E-state index in [9.17, 15) is 15.2 Å². The number of phenols is 1. The quantitative estimate of drug-likeness (QED) is 0.109. The van der Waals surface area contributed by atoms with Crippen molar-refractivity contribution >= 4 is 138 Å². The van der Waals surface area contributed by atoms with E-state index in [1.165, 1.54) is 11.8 Å². The van der Waals surface area contributed by atoms with E-state index < -0.39 is 11.8 Å². The molecule has 0 saturated heterocycles. The monoisotopic (exact) mass is 1020 g/mol. The Morgan fingerprint density at radius 2 is 1.69 bits per heavy atom. The molecule has 3 N–H and O–H groups in total. The fraction of sp³-hybridized carbons (Fsp3) is 0.0833. The number of anilines is 1. The van der Waals surface area contributed by atoms with Gasteiger partial charge in [-0.05, 0) is 124 Å². The topological polar surface area (TPSA) is 111 Å². The van der Waals surface area contributed by atoms with Crippen LogP contribution < -0.4 is 10.1 Å². The minimum Gasteiger partial charge on any atom is -0.506 e. The van der Waals surface area contributed by atoms with Crippen molar-refractivity contribution in [2.75, 3.05) is 11.6 Å². The molecule has 0 saturated carbocycles. The van der Waals surface area contributed by atoms with Crippen molar-refractivity contribution in [3.05, 3.63) is 133 Å². The van der Waals surface area contributed by atoms with Crippen molar-refractivity contribution in [2.24, 2.45) is 0 Å². The van der Waals surface area contributed by atoms with Crippen LogP contribution in [0.4, 0.5) is 5.69 Å². The highest BCUT2D eigenvalue weighted by atomic mass is 127. The summed E-state index contributed by atoms with van der Waals surface area (Å²) >= 11 is 36.4. The first-order valence-corrected chi connectivity index (χ1v) is 19.9. The van der Waals surface area contributed by atoms with E-state index in [1.807, 2.05) is 35.8 Å². The van der Waals surface area contributed by atoms with Crippen LogP contribution in [0.1, 0.15) is 33.0 Å². The lowest BCUT2D eigenvalue weighted by Crippen LogP contribution is -2.14. The average Bonchev–Trinajstić information content (AvgIpc) is 3.50. The number of fused-ring (bicyclic) bond motifs is 1. The number of carbonyl (C=O) groups excluding carboxylic acids is 1. The Balaban J connectivity index is 0.000000210. The average molecular weight is 1020 g/mol. The zero-order valence-corrected chi connectivity index (χ0v) is 35.2. The van der Waals surface area contributed by atoms with Crippen LogP contribution in [0.2, 0.25) is 25.1 Å². The molecule has 6 rings (SSSR count). The lowest BCUT2D eigenvalue weighted by Gasteiger charge is -2.16. The van der Waals surface area contributed by atoms with E-state index in [0.717, 1.165) is 30.9 Å². The number of aromatic amines is 1. The smallest absolute Gasteiger partial charge is 0.259 e. The number of aryl methyl sites for hydroxylation is 1. The summed E-state index contributed by atoms with van der Waals surface area (Å²) < 4.78 is 7.19. The number of rotatable bonds is 7. The van der Waals surface area contributed by atoms with Gasteiger partial charge in [0.1, 0.15) is 22.3 Å². The highest BCUT2D eigenvalue weighted by Gasteiger charge is 2.21. The van der Waals surface area contributed by atoms with Crippen LogP contribution in [0.25, 0.3) is 11.0 Å². The van der Waals surface area contributed by atoms with Crippen LogP contribution in [0.5, 0.6) is 17.2 Å². The van der Waals surface area contributed by atoms with Crippen LogP contribution in [0.15, 0.2) is 84.0 Å². The molecule has 1 heterocycles. The highest BCUT2D eigenvalue weighted by Crippen LogP contribution is 2.39. The number of ether oxygens (including phenoxy) is 1. The lowest BCUT2D eigenvalue weighted by atomic mass is 9.91. The van der Waals surface area contributed by atoms with E-state index >= 15 is 0 Å². The molecular weight excluding hydrogens is 1000 g/mol. The molecule has 0 spiro atoms. The summed E-state index contributed by atoms with van der Waals surface area (Å²) in [7, 11) is 0. The minimum absolute atomic E-state index is 0.0684. The number of aromatic nitrogens is 2. The van der Waals surface area contributed by atoms with Gasteiger partial charge in [-0.15, -0.1) is 0 Å². The molecule has 0 radical (unpaired) electrons. The number of halogens is 7. The Bertz CT molecular complexity index is 2320. The van der Waals surface area contributed by atoms with Gasteiger partial charge in [-0.2, -0.15) is 5.26 Å². The van der Waals surface area contributed by atoms with Crippen LogP contribution in [0, 0.1) is 25.4 Å². The molecule has 0 fully saturated rings. The number of nitriles is 1. The second kappa shape index (κ2) is 17.5.